The Kier molecular flexibility index (Phi) is 8.21. The summed E-state index contributed by atoms with van der Waals surface area (Å²) >= 11 is 6.11. The lowest BCUT2D eigenvalue weighted by molar-refractivity contribution is -0.122. The van der Waals surface area contributed by atoms with Crippen LogP contribution in [0.4, 0.5) is 0 Å². The van der Waals surface area contributed by atoms with Crippen molar-refractivity contribution in [1.82, 2.24) is 15.4 Å². The number of halogens is 1. The molecule has 0 spiro atoms. The van der Waals surface area contributed by atoms with Gasteiger partial charge in [0.05, 0.1) is 10.9 Å². The van der Waals surface area contributed by atoms with Crippen LogP contribution in [0.15, 0.2) is 35.2 Å². The Morgan fingerprint density at radius 1 is 1.11 bits per heavy atom. The molecule has 4 rings (SSSR count). The minimum absolute atomic E-state index is 0.0373. The van der Waals surface area contributed by atoms with Crippen molar-refractivity contribution in [3.8, 4) is 0 Å². The molecule has 0 bridgehead atoms. The lowest BCUT2D eigenvalue weighted by atomic mass is 9.86. The number of amides is 1. The molecule has 3 N–H and O–H groups in total. The van der Waals surface area contributed by atoms with Crippen LogP contribution >= 0.6 is 11.6 Å². The van der Waals surface area contributed by atoms with Gasteiger partial charge in [0.2, 0.25) is 15.9 Å². The Bertz CT molecular complexity index is 1190. The number of fused-ring (bicyclic) bond motifs is 1. The third-order valence-electron chi connectivity index (χ3n) is 6.91. The summed E-state index contributed by atoms with van der Waals surface area (Å²) in [6, 6.07) is 9.20. The van der Waals surface area contributed by atoms with E-state index < -0.39 is 16.1 Å². The molecular formula is C27H36ClN3O3S. The van der Waals surface area contributed by atoms with Crippen LogP contribution in [0.25, 0.3) is 0 Å². The summed E-state index contributed by atoms with van der Waals surface area (Å²) in [7, 11) is -3.77. The predicted octanol–water partition coefficient (Wildman–Crippen LogP) is 4.71. The highest BCUT2D eigenvalue weighted by Gasteiger charge is 2.25. The van der Waals surface area contributed by atoms with E-state index in [0.29, 0.717) is 16.1 Å². The largest absolute Gasteiger partial charge is 0.349 e. The van der Waals surface area contributed by atoms with Gasteiger partial charge in [-0.3, -0.25) is 4.79 Å². The van der Waals surface area contributed by atoms with E-state index in [0.717, 1.165) is 38.3 Å². The first kappa shape index (κ1) is 26.1. The standard InChI is InChI=1S/C27H36ClN3O3S/c1-17-12-26(18(2)11-24(17)28)35(33,34)31-19(3)13-27(32)30-25-6-4-5-22-14-21(9-10-23(22)25)16-29-15-20-7-8-20/h9-12,14,19-20,25,29,31H,4-8,13,15-16H2,1-3H3,(H,30,32)/t19-,25+/m0/s1. The fourth-order valence-electron chi connectivity index (χ4n) is 4.82. The normalized spacial score (nSPS) is 18.7. The molecule has 8 heteroatoms. The highest BCUT2D eigenvalue weighted by molar-refractivity contribution is 7.89. The van der Waals surface area contributed by atoms with Crippen LogP contribution in [-0.2, 0) is 27.8 Å². The van der Waals surface area contributed by atoms with E-state index in [-0.39, 0.29) is 23.3 Å². The van der Waals surface area contributed by atoms with Crippen LogP contribution < -0.4 is 15.4 Å². The van der Waals surface area contributed by atoms with Gasteiger partial charge >= 0.3 is 0 Å². The second-order valence-corrected chi connectivity index (χ2v) is 12.3. The van der Waals surface area contributed by atoms with E-state index >= 15 is 0 Å². The van der Waals surface area contributed by atoms with Crippen LogP contribution in [0, 0.1) is 19.8 Å². The fraction of sp³-hybridized carbons (Fsp3) is 0.519. The minimum Gasteiger partial charge on any atom is -0.349 e. The van der Waals surface area contributed by atoms with Gasteiger partial charge in [-0.1, -0.05) is 29.8 Å². The van der Waals surface area contributed by atoms with Gasteiger partial charge in [-0.2, -0.15) is 0 Å². The first-order valence-corrected chi connectivity index (χ1v) is 14.4. The van der Waals surface area contributed by atoms with Crippen molar-refractivity contribution >= 4 is 27.5 Å². The maximum absolute atomic E-state index is 12.9. The average molecular weight is 518 g/mol. The number of sulfonamides is 1. The van der Waals surface area contributed by atoms with Gasteiger partial charge in [-0.05, 0) is 105 Å². The molecule has 0 aliphatic heterocycles. The van der Waals surface area contributed by atoms with Crippen LogP contribution in [0.2, 0.25) is 5.02 Å². The van der Waals surface area contributed by atoms with Crippen molar-refractivity contribution in [2.24, 2.45) is 5.92 Å². The Morgan fingerprint density at radius 3 is 2.63 bits per heavy atom. The SMILES string of the molecule is Cc1cc(S(=O)(=O)N[C@@H](C)CC(=O)N[C@@H]2CCCc3cc(CNCC4CC4)ccc32)c(C)cc1Cl. The lowest BCUT2D eigenvalue weighted by Gasteiger charge is -2.27. The first-order chi connectivity index (χ1) is 16.6. The summed E-state index contributed by atoms with van der Waals surface area (Å²) in [6.07, 6.45) is 5.70. The second kappa shape index (κ2) is 11.0. The molecule has 0 aromatic heterocycles. The van der Waals surface area contributed by atoms with Crippen LogP contribution in [-0.4, -0.2) is 26.9 Å². The van der Waals surface area contributed by atoms with Crippen molar-refractivity contribution < 1.29 is 13.2 Å². The predicted molar refractivity (Wildman–Crippen MR) is 140 cm³/mol. The van der Waals surface area contributed by atoms with Gasteiger partial charge in [0.15, 0.2) is 0 Å². The first-order valence-electron chi connectivity index (χ1n) is 12.5. The quantitative estimate of drug-likeness (QED) is 0.426. The molecule has 6 nitrogen and oxygen atoms in total. The molecule has 190 valence electrons. The third-order valence-corrected chi connectivity index (χ3v) is 9.05. The molecule has 35 heavy (non-hydrogen) atoms. The van der Waals surface area contributed by atoms with E-state index in [2.05, 4.69) is 33.6 Å². The Hall–Kier alpha value is -1.93. The molecule has 0 unspecified atom stereocenters. The van der Waals surface area contributed by atoms with Gasteiger partial charge in [0, 0.05) is 24.0 Å². The number of nitrogens with one attached hydrogen (secondary N) is 3. The molecule has 2 aromatic carbocycles. The van der Waals surface area contributed by atoms with E-state index in [1.807, 2.05) is 0 Å². The number of carbonyl (C=O) groups is 1. The van der Waals surface area contributed by atoms with Gasteiger partial charge in [0.25, 0.3) is 0 Å². The van der Waals surface area contributed by atoms with Gasteiger partial charge in [-0.25, -0.2) is 13.1 Å². The molecule has 2 aliphatic carbocycles. The summed E-state index contributed by atoms with van der Waals surface area (Å²) in [5.41, 5.74) is 5.03. The number of hydrogen-bond donors (Lipinski definition) is 3. The summed E-state index contributed by atoms with van der Waals surface area (Å²) in [5.74, 6) is 0.704. The highest BCUT2D eigenvalue weighted by Crippen LogP contribution is 2.31. The maximum Gasteiger partial charge on any atom is 0.241 e. The molecule has 1 saturated carbocycles. The van der Waals surface area contributed by atoms with Crippen LogP contribution in [0.1, 0.15) is 72.9 Å². The summed E-state index contributed by atoms with van der Waals surface area (Å²) in [4.78, 5) is 13.0. The molecule has 2 atom stereocenters. The summed E-state index contributed by atoms with van der Waals surface area (Å²) in [5, 5.41) is 7.21. The summed E-state index contributed by atoms with van der Waals surface area (Å²) in [6.45, 7) is 7.17. The smallest absolute Gasteiger partial charge is 0.241 e. The van der Waals surface area contributed by atoms with Crippen molar-refractivity contribution in [2.45, 2.75) is 82.8 Å². The third kappa shape index (κ3) is 6.85. The van der Waals surface area contributed by atoms with Crippen molar-refractivity contribution in [2.75, 3.05) is 6.54 Å². The molecule has 1 fully saturated rings. The fourth-order valence-corrected chi connectivity index (χ4v) is 6.59. The number of benzene rings is 2. The van der Waals surface area contributed by atoms with E-state index in [1.165, 1.54) is 29.5 Å². The van der Waals surface area contributed by atoms with Crippen molar-refractivity contribution in [3.63, 3.8) is 0 Å². The molecule has 2 aliphatic rings. The highest BCUT2D eigenvalue weighted by atomic mass is 35.5. The van der Waals surface area contributed by atoms with Crippen LogP contribution in [0.5, 0.6) is 0 Å². The zero-order valence-corrected chi connectivity index (χ0v) is 22.4. The Labute approximate surface area is 214 Å². The number of carbonyl (C=O) groups excluding carboxylic acids is 1. The number of hydrogen-bond acceptors (Lipinski definition) is 4. The zero-order valence-electron chi connectivity index (χ0n) is 20.8. The summed E-state index contributed by atoms with van der Waals surface area (Å²) < 4.78 is 28.5. The number of aryl methyl sites for hydroxylation is 3. The topological polar surface area (TPSA) is 87.3 Å². The van der Waals surface area contributed by atoms with E-state index in [9.17, 15) is 13.2 Å². The average Bonchev–Trinajstić information content (AvgIpc) is 3.60. The van der Waals surface area contributed by atoms with E-state index in [1.54, 1.807) is 32.9 Å². The number of rotatable bonds is 10. The van der Waals surface area contributed by atoms with Crippen LogP contribution in [0.3, 0.4) is 0 Å². The second-order valence-electron chi connectivity index (χ2n) is 10.2. The molecular weight excluding hydrogens is 482 g/mol. The molecule has 0 radical (unpaired) electrons. The minimum atomic E-state index is -3.77. The van der Waals surface area contributed by atoms with Gasteiger partial charge in [-0.15, -0.1) is 0 Å². The van der Waals surface area contributed by atoms with Gasteiger partial charge < -0.3 is 10.6 Å². The Morgan fingerprint density at radius 2 is 1.89 bits per heavy atom. The monoisotopic (exact) mass is 517 g/mol. The molecule has 0 heterocycles. The molecule has 2 aromatic rings. The van der Waals surface area contributed by atoms with Crippen molar-refractivity contribution in [1.29, 1.82) is 0 Å². The molecule has 0 saturated heterocycles. The van der Waals surface area contributed by atoms with E-state index in [4.69, 9.17) is 11.6 Å². The lowest BCUT2D eigenvalue weighted by Crippen LogP contribution is -2.39. The molecule has 1 amide bonds. The maximum atomic E-state index is 12.9. The van der Waals surface area contributed by atoms with Gasteiger partial charge in [0.1, 0.15) is 0 Å². The van der Waals surface area contributed by atoms with Crippen molar-refractivity contribution in [3.05, 3.63) is 63.2 Å². The zero-order chi connectivity index (χ0) is 25.2. The Balaban J connectivity index is 1.34.